The number of ketones is 2. The summed E-state index contributed by atoms with van der Waals surface area (Å²) >= 11 is 0. The summed E-state index contributed by atoms with van der Waals surface area (Å²) in [6.07, 6.45) is 5.26. The molecule has 0 bridgehead atoms. The molecule has 258 valence electrons. The number of allylic oxidation sites excluding steroid dienone is 4. The maximum atomic E-state index is 13.2. The largest absolute Gasteiger partial charge is 1.00 e. The van der Waals surface area contributed by atoms with Gasteiger partial charge in [-0.2, -0.15) is 10.2 Å². The summed E-state index contributed by atoms with van der Waals surface area (Å²) in [5.74, 6) is -1.22. The van der Waals surface area contributed by atoms with Gasteiger partial charge in [0, 0.05) is 28.8 Å². The Morgan fingerprint density at radius 2 is 1.17 bits per heavy atom. The third kappa shape index (κ3) is 10.2. The van der Waals surface area contributed by atoms with Gasteiger partial charge in [-0.25, -0.2) is 16.8 Å². The Morgan fingerprint density at radius 3 is 1.74 bits per heavy atom. The van der Waals surface area contributed by atoms with Gasteiger partial charge in [-0.3, -0.25) is 20.4 Å². The molecule has 0 fully saturated rings. The number of fused-ring (bicyclic) bond motifs is 1. The standard InChI is InChI=1S/C34H27N7O8S2.2Na/c35-28-19-27(50(44,45)46)16-20-17-31(51(47,48)49)33(34(43)32(20)28)41-39-25-12-8-23(9-13-25)36-22-6-10-24(11-7-22)38-40-29-15-14-26(42)18-30(29)37-21-4-2-1-3-5-21;;/h1-19,36-39H,35H2,(H,44,45,46)(H,47,48,49);;/q;2*+1/p-2/b40-29-,41-33+;;. The van der Waals surface area contributed by atoms with E-state index in [1.54, 1.807) is 42.5 Å². The van der Waals surface area contributed by atoms with Crippen LogP contribution < -0.4 is 86.3 Å². The van der Waals surface area contributed by atoms with Gasteiger partial charge < -0.3 is 25.5 Å². The van der Waals surface area contributed by atoms with E-state index >= 15 is 0 Å². The summed E-state index contributed by atoms with van der Waals surface area (Å²) in [5.41, 5.74) is 13.8. The van der Waals surface area contributed by atoms with Crippen LogP contribution in [-0.4, -0.2) is 48.9 Å². The number of nitrogens with two attached hydrogens (primary N) is 1. The number of carbonyl (C=O) groups is 2. The van der Waals surface area contributed by atoms with Crippen molar-refractivity contribution in [3.05, 3.63) is 131 Å². The maximum Gasteiger partial charge on any atom is 1.00 e. The van der Waals surface area contributed by atoms with E-state index in [9.17, 15) is 35.5 Å². The first-order valence-electron chi connectivity index (χ1n) is 14.8. The van der Waals surface area contributed by atoms with Crippen LogP contribution in [0.1, 0.15) is 15.9 Å². The summed E-state index contributed by atoms with van der Waals surface area (Å²) in [6, 6.07) is 24.6. The van der Waals surface area contributed by atoms with E-state index in [4.69, 9.17) is 5.73 Å². The Hall–Kier alpha value is -4.40. The van der Waals surface area contributed by atoms with Crippen molar-refractivity contribution in [3.63, 3.8) is 0 Å². The van der Waals surface area contributed by atoms with Gasteiger partial charge in [0.1, 0.15) is 31.7 Å². The summed E-state index contributed by atoms with van der Waals surface area (Å²) in [6.45, 7) is 0. The quantitative estimate of drug-likeness (QED) is 0.0401. The SMILES string of the molecule is Nc1cc(S(=O)(=O)[O-])cc2c1C(=O)/C(=N/Nc1ccc(Nc3ccc(N/N=C4/C=CC(=O)C=C4Nc4ccccc4)cc3)cc1)C(S(=O)(=O)[O-])=C2.[Na+].[Na+]. The predicted molar refractivity (Wildman–Crippen MR) is 191 cm³/mol. The molecule has 0 unspecified atom stereocenters. The Kier molecular flexibility index (Phi) is 13.4. The number of hydrogen-bond acceptors (Lipinski definition) is 15. The third-order valence-electron chi connectivity index (χ3n) is 7.37. The molecule has 6 N–H and O–H groups in total. The molecule has 0 amide bonds. The van der Waals surface area contributed by atoms with Gasteiger partial charge in [-0.15, -0.1) is 0 Å². The Labute approximate surface area is 348 Å². The van der Waals surface area contributed by atoms with Gasteiger partial charge in [-0.05, 0) is 96.6 Å². The zero-order chi connectivity index (χ0) is 36.3. The number of nitrogens with zero attached hydrogens (tertiary/aromatic N) is 2. The first-order chi connectivity index (χ1) is 24.2. The molecule has 0 saturated heterocycles. The van der Waals surface area contributed by atoms with E-state index in [1.807, 2.05) is 42.5 Å². The minimum absolute atomic E-state index is 0. The van der Waals surface area contributed by atoms with Crippen molar-refractivity contribution < 1.29 is 94.6 Å². The van der Waals surface area contributed by atoms with Crippen LogP contribution in [0.3, 0.4) is 0 Å². The van der Waals surface area contributed by atoms with E-state index in [-0.39, 0.29) is 76.0 Å². The van der Waals surface area contributed by atoms with Crippen molar-refractivity contribution in [1.82, 2.24) is 0 Å². The van der Waals surface area contributed by atoms with E-state index < -0.39 is 47.2 Å². The second-order valence-corrected chi connectivity index (χ2v) is 13.7. The van der Waals surface area contributed by atoms with Crippen LogP contribution >= 0.6 is 0 Å². The van der Waals surface area contributed by atoms with Crippen molar-refractivity contribution in [3.8, 4) is 0 Å². The van der Waals surface area contributed by atoms with Crippen LogP contribution in [0.15, 0.2) is 135 Å². The molecule has 2 aliphatic rings. The molecular formula is C34H25N7Na2O8S2. The van der Waals surface area contributed by atoms with Crippen molar-refractivity contribution in [2.75, 3.05) is 27.2 Å². The minimum Gasteiger partial charge on any atom is -0.744 e. The number of para-hydroxylation sites is 1. The molecule has 19 heteroatoms. The zero-order valence-electron chi connectivity index (χ0n) is 28.0. The van der Waals surface area contributed by atoms with E-state index in [0.29, 0.717) is 28.5 Å². The van der Waals surface area contributed by atoms with Gasteiger partial charge in [0.15, 0.2) is 5.78 Å². The summed E-state index contributed by atoms with van der Waals surface area (Å²) in [5, 5.41) is 14.7. The van der Waals surface area contributed by atoms with Crippen molar-refractivity contribution in [2.45, 2.75) is 4.90 Å². The summed E-state index contributed by atoms with van der Waals surface area (Å²) < 4.78 is 70.5. The van der Waals surface area contributed by atoms with Crippen LogP contribution in [0.25, 0.3) is 6.08 Å². The number of benzene rings is 4. The van der Waals surface area contributed by atoms with Crippen molar-refractivity contribution in [2.24, 2.45) is 10.2 Å². The second-order valence-electron chi connectivity index (χ2n) is 11.0. The molecule has 0 saturated carbocycles. The predicted octanol–water partition coefficient (Wildman–Crippen LogP) is -1.62. The van der Waals surface area contributed by atoms with Crippen LogP contribution in [-0.2, 0) is 25.0 Å². The van der Waals surface area contributed by atoms with E-state index in [0.717, 1.165) is 29.6 Å². The average Bonchev–Trinajstić information content (AvgIpc) is 3.08. The summed E-state index contributed by atoms with van der Waals surface area (Å²) in [7, 11) is -10.3. The second kappa shape index (κ2) is 17.2. The number of nitrogens with one attached hydrogen (secondary N) is 4. The number of Topliss-reactive ketones (excluding diaryl/α,β-unsaturated/α-hetero) is 1. The van der Waals surface area contributed by atoms with Gasteiger partial charge in [0.2, 0.25) is 5.78 Å². The van der Waals surface area contributed by atoms with Crippen LogP contribution in [0.5, 0.6) is 0 Å². The van der Waals surface area contributed by atoms with Crippen LogP contribution in [0, 0.1) is 0 Å². The average molecular weight is 770 g/mol. The minimum atomic E-state index is -5.28. The number of rotatable bonds is 10. The molecule has 6 rings (SSSR count). The van der Waals surface area contributed by atoms with Gasteiger partial charge in [0.25, 0.3) is 0 Å². The Morgan fingerprint density at radius 1 is 0.623 bits per heavy atom. The zero-order valence-corrected chi connectivity index (χ0v) is 33.7. The van der Waals surface area contributed by atoms with Crippen molar-refractivity contribution in [1.29, 1.82) is 0 Å². The molecule has 0 aliphatic heterocycles. The normalized spacial score (nSPS) is 15.4. The molecule has 2 aliphatic carbocycles. The molecular weight excluding hydrogens is 745 g/mol. The molecule has 0 atom stereocenters. The molecule has 0 heterocycles. The number of carbonyl (C=O) groups excluding carboxylic acids is 2. The fraction of sp³-hybridized carbons (Fsp3) is 0. The number of anilines is 6. The van der Waals surface area contributed by atoms with Gasteiger partial charge in [-0.1, -0.05) is 18.2 Å². The molecule has 53 heavy (non-hydrogen) atoms. The molecule has 0 spiro atoms. The Balaban J connectivity index is 0.00000314. The maximum absolute atomic E-state index is 13.2. The summed E-state index contributed by atoms with van der Waals surface area (Å²) in [4.78, 5) is 23.3. The topological polar surface area (TPSA) is 247 Å². The molecule has 0 aromatic heterocycles. The molecule has 4 aromatic rings. The molecule has 15 nitrogen and oxygen atoms in total. The number of hydrogen-bond donors (Lipinski definition) is 5. The fourth-order valence-electron chi connectivity index (χ4n) is 4.97. The molecule has 4 aromatic carbocycles. The first-order valence-corrected chi connectivity index (χ1v) is 17.6. The monoisotopic (exact) mass is 769 g/mol. The van der Waals surface area contributed by atoms with Gasteiger partial charge in [0.05, 0.1) is 32.4 Å². The Bertz CT molecular complexity index is 2450. The first kappa shape index (κ1) is 41.4. The van der Waals surface area contributed by atoms with Crippen molar-refractivity contribution >= 4 is 83.4 Å². The van der Waals surface area contributed by atoms with E-state index in [1.165, 1.54) is 12.2 Å². The third-order valence-corrected chi connectivity index (χ3v) is 9.04. The van der Waals surface area contributed by atoms with E-state index in [2.05, 4.69) is 31.7 Å². The smallest absolute Gasteiger partial charge is 0.744 e. The number of nitrogen functional groups attached to an aromatic ring is 1. The molecule has 0 radical (unpaired) electrons. The van der Waals surface area contributed by atoms with Crippen LogP contribution in [0.4, 0.5) is 34.1 Å². The van der Waals surface area contributed by atoms with Crippen LogP contribution in [0.2, 0.25) is 0 Å². The van der Waals surface area contributed by atoms with Gasteiger partial charge >= 0.3 is 59.1 Å². The fourth-order valence-corrected chi connectivity index (χ4v) is 6.16. The number of hydrazone groups is 2.